The first-order valence-corrected chi connectivity index (χ1v) is 8.30. The Kier molecular flexibility index (Phi) is 3.62. The van der Waals surface area contributed by atoms with E-state index < -0.39 is 0 Å². The predicted octanol–water partition coefficient (Wildman–Crippen LogP) is 4.96. The molecule has 17 heavy (non-hydrogen) atoms. The number of hydrogen-bond acceptors (Lipinski definition) is 2. The molecule has 0 saturated heterocycles. The summed E-state index contributed by atoms with van der Waals surface area (Å²) >= 11 is 4.11. The fourth-order valence-corrected chi connectivity index (χ4v) is 4.44. The third-order valence-electron chi connectivity index (χ3n) is 3.15. The van der Waals surface area contributed by atoms with E-state index >= 15 is 0 Å². The van der Waals surface area contributed by atoms with Crippen molar-refractivity contribution in [3.05, 3.63) is 42.0 Å². The van der Waals surface area contributed by atoms with E-state index in [-0.39, 0.29) is 0 Å². The summed E-state index contributed by atoms with van der Waals surface area (Å²) in [5.74, 6) is 3.72. The van der Waals surface area contributed by atoms with Crippen LogP contribution in [0.4, 0.5) is 0 Å². The lowest BCUT2D eigenvalue weighted by Gasteiger charge is -2.13. The second-order valence-corrected chi connectivity index (χ2v) is 6.62. The molecule has 88 valence electrons. The highest BCUT2D eigenvalue weighted by atomic mass is 32.2. The quantitative estimate of drug-likeness (QED) is 0.656. The van der Waals surface area contributed by atoms with E-state index in [0.717, 1.165) is 5.75 Å². The van der Waals surface area contributed by atoms with Crippen LogP contribution in [-0.4, -0.2) is 11.5 Å². The molecule has 2 heteroatoms. The zero-order valence-electron chi connectivity index (χ0n) is 9.82. The molecule has 0 N–H and O–H groups in total. The minimum atomic E-state index is 1.16. The highest BCUT2D eigenvalue weighted by molar-refractivity contribution is 7.99. The Morgan fingerprint density at radius 2 is 1.71 bits per heavy atom. The van der Waals surface area contributed by atoms with Gasteiger partial charge in [-0.15, -0.1) is 11.8 Å². The van der Waals surface area contributed by atoms with Crippen molar-refractivity contribution in [1.82, 2.24) is 0 Å². The first-order chi connectivity index (χ1) is 8.45. The van der Waals surface area contributed by atoms with Gasteiger partial charge in [0, 0.05) is 10.6 Å². The largest absolute Gasteiger partial charge is 0.157 e. The fourth-order valence-electron chi connectivity index (χ4n) is 2.29. The first-order valence-electron chi connectivity index (χ1n) is 6.16. The molecule has 2 aromatic carbocycles. The zero-order chi connectivity index (χ0) is 11.5. The fraction of sp³-hybridized carbons (Fsp3) is 0.333. The van der Waals surface area contributed by atoms with Crippen molar-refractivity contribution < 1.29 is 0 Å². The van der Waals surface area contributed by atoms with Gasteiger partial charge in [-0.05, 0) is 46.7 Å². The highest BCUT2D eigenvalue weighted by Gasteiger charge is 2.08. The summed E-state index contributed by atoms with van der Waals surface area (Å²) in [5.41, 5.74) is 1.51. The molecular weight excluding hydrogens is 244 g/mol. The molecule has 0 unspecified atom stereocenters. The van der Waals surface area contributed by atoms with Crippen LogP contribution in [0.5, 0.6) is 0 Å². The third kappa shape index (κ3) is 2.48. The first kappa shape index (κ1) is 11.5. The molecule has 2 aromatic rings. The van der Waals surface area contributed by atoms with Crippen molar-refractivity contribution in [3.63, 3.8) is 0 Å². The Morgan fingerprint density at radius 1 is 0.882 bits per heavy atom. The lowest BCUT2D eigenvalue weighted by Crippen LogP contribution is -1.92. The molecule has 0 fully saturated rings. The van der Waals surface area contributed by atoms with Crippen LogP contribution in [0.3, 0.4) is 0 Å². The monoisotopic (exact) mass is 260 g/mol. The topological polar surface area (TPSA) is 0 Å². The van der Waals surface area contributed by atoms with E-state index in [2.05, 4.69) is 48.2 Å². The van der Waals surface area contributed by atoms with Crippen LogP contribution in [0.15, 0.2) is 41.3 Å². The van der Waals surface area contributed by atoms with Gasteiger partial charge in [0.1, 0.15) is 0 Å². The molecule has 0 nitrogen and oxygen atoms in total. The van der Waals surface area contributed by atoms with Gasteiger partial charge >= 0.3 is 0 Å². The van der Waals surface area contributed by atoms with Crippen molar-refractivity contribution >= 4 is 34.3 Å². The van der Waals surface area contributed by atoms with Crippen molar-refractivity contribution in [3.8, 4) is 0 Å². The summed E-state index contributed by atoms with van der Waals surface area (Å²) in [6.45, 7) is 0. The molecule has 0 aromatic heterocycles. The Hall–Kier alpha value is -0.600. The molecule has 3 rings (SSSR count). The molecule has 0 saturated carbocycles. The zero-order valence-corrected chi connectivity index (χ0v) is 11.4. The molecule has 1 aliphatic rings. The summed E-state index contributed by atoms with van der Waals surface area (Å²) in [4.78, 5) is 1.47. The summed E-state index contributed by atoms with van der Waals surface area (Å²) < 4.78 is 0. The average Bonchev–Trinajstić information content (AvgIpc) is 2.38. The number of thioether (sulfide) groups is 2. The maximum Gasteiger partial charge on any atom is 0.0191 e. The molecule has 0 bridgehead atoms. The van der Waals surface area contributed by atoms with Crippen molar-refractivity contribution in [1.29, 1.82) is 0 Å². The van der Waals surface area contributed by atoms with Gasteiger partial charge in [0.25, 0.3) is 0 Å². The number of hydrogen-bond donors (Lipinski definition) is 0. The second kappa shape index (κ2) is 5.36. The van der Waals surface area contributed by atoms with Gasteiger partial charge in [-0.3, -0.25) is 0 Å². The van der Waals surface area contributed by atoms with Gasteiger partial charge in [0.05, 0.1) is 0 Å². The molecule has 0 radical (unpaired) electrons. The maximum absolute atomic E-state index is 2.29. The van der Waals surface area contributed by atoms with Crippen LogP contribution < -0.4 is 0 Å². The minimum Gasteiger partial charge on any atom is -0.157 e. The van der Waals surface area contributed by atoms with Crippen molar-refractivity contribution in [2.75, 3.05) is 11.5 Å². The molecule has 1 aliphatic heterocycles. The van der Waals surface area contributed by atoms with Gasteiger partial charge in [-0.25, -0.2) is 0 Å². The Bertz CT molecular complexity index is 477. The number of rotatable bonds is 0. The van der Waals surface area contributed by atoms with E-state index in [1.54, 1.807) is 0 Å². The normalized spacial score (nSPS) is 16.9. The predicted molar refractivity (Wildman–Crippen MR) is 80.1 cm³/mol. The summed E-state index contributed by atoms with van der Waals surface area (Å²) in [5, 5.41) is 2.89. The van der Waals surface area contributed by atoms with Crippen molar-refractivity contribution in [2.45, 2.75) is 23.5 Å². The highest BCUT2D eigenvalue weighted by Crippen LogP contribution is 2.34. The summed E-state index contributed by atoms with van der Waals surface area (Å²) in [6.07, 6.45) is 2.70. The average molecular weight is 260 g/mol. The maximum atomic E-state index is 2.29. The van der Waals surface area contributed by atoms with Gasteiger partial charge in [-0.1, -0.05) is 30.3 Å². The van der Waals surface area contributed by atoms with Crippen LogP contribution in [0.25, 0.3) is 10.8 Å². The van der Waals surface area contributed by atoms with Crippen LogP contribution >= 0.6 is 23.5 Å². The summed E-state index contributed by atoms with van der Waals surface area (Å²) in [7, 11) is 0. The molecule has 0 aliphatic carbocycles. The number of benzene rings is 2. The van der Waals surface area contributed by atoms with Gasteiger partial charge in [0.15, 0.2) is 0 Å². The summed E-state index contributed by atoms with van der Waals surface area (Å²) in [6, 6.07) is 13.4. The van der Waals surface area contributed by atoms with Crippen molar-refractivity contribution in [2.24, 2.45) is 0 Å². The molecule has 1 heterocycles. The van der Waals surface area contributed by atoms with Crippen LogP contribution in [-0.2, 0) is 5.75 Å². The van der Waals surface area contributed by atoms with E-state index in [4.69, 9.17) is 0 Å². The van der Waals surface area contributed by atoms with Gasteiger partial charge in [-0.2, -0.15) is 11.8 Å². The van der Waals surface area contributed by atoms with Crippen LogP contribution in [0.2, 0.25) is 0 Å². The second-order valence-electron chi connectivity index (χ2n) is 4.38. The van der Waals surface area contributed by atoms with Gasteiger partial charge < -0.3 is 0 Å². The smallest absolute Gasteiger partial charge is 0.0191 e. The van der Waals surface area contributed by atoms with E-state index in [9.17, 15) is 0 Å². The van der Waals surface area contributed by atoms with E-state index in [1.807, 2.05) is 11.8 Å². The van der Waals surface area contributed by atoms with Crippen LogP contribution in [0.1, 0.15) is 18.4 Å². The van der Waals surface area contributed by atoms with Crippen LogP contribution in [0, 0.1) is 0 Å². The standard InChI is InChI=1S/C15H16S2/c1-2-10-17-14-8-4-6-12-5-3-7-13(15(12)14)11-16-9-1/h3-8H,1-2,9-11H2. The third-order valence-corrected chi connectivity index (χ3v) is 5.39. The minimum absolute atomic E-state index is 1.16. The van der Waals surface area contributed by atoms with Gasteiger partial charge in [0.2, 0.25) is 0 Å². The molecule has 0 amide bonds. The Balaban J connectivity index is 2.15. The SMILES string of the molecule is c1cc2c3c(cccc3c1)SCCCCSC2. The lowest BCUT2D eigenvalue weighted by molar-refractivity contribution is 0.906. The molecular formula is C15H16S2. The van der Waals surface area contributed by atoms with E-state index in [1.165, 1.54) is 45.6 Å². The Morgan fingerprint density at radius 3 is 2.65 bits per heavy atom. The molecule has 0 spiro atoms. The lowest BCUT2D eigenvalue weighted by atomic mass is 10.1. The van der Waals surface area contributed by atoms with E-state index in [0.29, 0.717) is 0 Å². The Labute approximate surface area is 111 Å². The molecule has 0 atom stereocenters.